The lowest BCUT2D eigenvalue weighted by Crippen LogP contribution is -2.43. The van der Waals surface area contributed by atoms with Gasteiger partial charge >= 0.3 is 0 Å². The highest BCUT2D eigenvalue weighted by atomic mass is 32.1. The fraction of sp³-hybridized carbons (Fsp3) is 0.538. The van der Waals surface area contributed by atoms with Gasteiger partial charge in [0.25, 0.3) is 0 Å². The molecule has 0 unspecified atom stereocenters. The Morgan fingerprint density at radius 3 is 2.42 bits per heavy atom. The van der Waals surface area contributed by atoms with E-state index in [1.807, 2.05) is 18.4 Å². The molecule has 3 rings (SSSR count). The Bertz CT molecular complexity index is 893. The first-order valence-corrected chi connectivity index (χ1v) is 12.7. The van der Waals surface area contributed by atoms with Gasteiger partial charge in [-0.25, -0.2) is 4.39 Å². The fourth-order valence-corrected chi connectivity index (χ4v) is 5.24. The Kier molecular flexibility index (Phi) is 9.88. The third-order valence-electron chi connectivity index (χ3n) is 6.43. The zero-order valence-corrected chi connectivity index (χ0v) is 20.5. The number of halogens is 1. The Hall–Kier alpha value is -2.25. The Morgan fingerprint density at radius 1 is 1.06 bits per heavy atom. The van der Waals surface area contributed by atoms with E-state index in [1.54, 1.807) is 40.4 Å². The molecule has 7 heteroatoms. The van der Waals surface area contributed by atoms with E-state index in [0.29, 0.717) is 38.6 Å². The lowest BCUT2D eigenvalue weighted by Gasteiger charge is -2.28. The molecule has 0 aliphatic heterocycles. The number of thiophene rings is 1. The summed E-state index contributed by atoms with van der Waals surface area (Å²) in [5.41, 5.74) is 2.00. The topological polar surface area (TPSA) is 49.9 Å². The fourth-order valence-electron chi connectivity index (χ4n) is 4.32. The summed E-state index contributed by atoms with van der Waals surface area (Å²) in [7, 11) is 1.60. The van der Waals surface area contributed by atoms with Gasteiger partial charge < -0.3 is 14.5 Å². The standard InChI is InChI=1S/C26H35FN2O3S/c1-20-13-16-33-24(20)18-29(17-22-7-10-23(27)11-8-22)26(31)19-28(14-15-32-2)25(30)12-9-21-5-3-4-6-21/h7-8,10-11,13,16,21H,3-6,9,12,14-15,17-19H2,1-2H3. The summed E-state index contributed by atoms with van der Waals surface area (Å²) in [6.45, 7) is 3.68. The lowest BCUT2D eigenvalue weighted by molar-refractivity contribution is -0.141. The number of amides is 2. The summed E-state index contributed by atoms with van der Waals surface area (Å²) in [6.07, 6.45) is 6.29. The number of methoxy groups -OCH3 is 1. The number of hydrogen-bond acceptors (Lipinski definition) is 4. The van der Waals surface area contributed by atoms with Gasteiger partial charge in [-0.3, -0.25) is 9.59 Å². The van der Waals surface area contributed by atoms with Gasteiger partial charge in [-0.2, -0.15) is 0 Å². The van der Waals surface area contributed by atoms with E-state index < -0.39 is 0 Å². The minimum Gasteiger partial charge on any atom is -0.383 e. The van der Waals surface area contributed by atoms with Crippen LogP contribution in [0.25, 0.3) is 0 Å². The minimum atomic E-state index is -0.302. The molecular weight excluding hydrogens is 439 g/mol. The molecule has 0 spiro atoms. The maximum atomic E-state index is 13.4. The van der Waals surface area contributed by atoms with Crippen molar-refractivity contribution in [2.75, 3.05) is 26.8 Å². The molecule has 0 radical (unpaired) electrons. The van der Waals surface area contributed by atoms with Gasteiger partial charge in [-0.15, -0.1) is 11.3 Å². The molecule has 2 amide bonds. The summed E-state index contributed by atoms with van der Waals surface area (Å²) in [4.78, 5) is 30.9. The van der Waals surface area contributed by atoms with Crippen LogP contribution in [0.4, 0.5) is 4.39 Å². The van der Waals surface area contributed by atoms with E-state index in [2.05, 4.69) is 0 Å². The molecule has 33 heavy (non-hydrogen) atoms. The van der Waals surface area contributed by atoms with Gasteiger partial charge in [0.2, 0.25) is 11.8 Å². The molecular formula is C26H35FN2O3S. The van der Waals surface area contributed by atoms with E-state index in [-0.39, 0.29) is 24.2 Å². The van der Waals surface area contributed by atoms with Gasteiger partial charge in [0.1, 0.15) is 5.82 Å². The molecule has 1 aliphatic rings. The molecule has 1 heterocycles. The smallest absolute Gasteiger partial charge is 0.242 e. The van der Waals surface area contributed by atoms with Crippen LogP contribution in [0, 0.1) is 18.7 Å². The van der Waals surface area contributed by atoms with E-state index >= 15 is 0 Å². The zero-order chi connectivity index (χ0) is 23.6. The highest BCUT2D eigenvalue weighted by Gasteiger charge is 2.24. The molecule has 1 aliphatic carbocycles. The number of carbonyl (C=O) groups excluding carboxylic acids is 2. The monoisotopic (exact) mass is 474 g/mol. The summed E-state index contributed by atoms with van der Waals surface area (Å²) < 4.78 is 18.6. The van der Waals surface area contributed by atoms with Crippen LogP contribution in [-0.4, -0.2) is 48.4 Å². The van der Waals surface area contributed by atoms with Crippen molar-refractivity contribution < 1.29 is 18.7 Å². The number of ether oxygens (including phenoxy) is 1. The average Bonchev–Trinajstić information content (AvgIpc) is 3.47. The number of nitrogens with zero attached hydrogens (tertiary/aromatic N) is 2. The van der Waals surface area contributed by atoms with Crippen LogP contribution in [0.5, 0.6) is 0 Å². The first-order valence-electron chi connectivity index (χ1n) is 11.8. The van der Waals surface area contributed by atoms with Crippen LogP contribution < -0.4 is 0 Å². The van der Waals surface area contributed by atoms with E-state index in [1.165, 1.54) is 37.8 Å². The summed E-state index contributed by atoms with van der Waals surface area (Å²) in [6, 6.07) is 8.26. The third kappa shape index (κ3) is 7.93. The predicted octanol–water partition coefficient (Wildman–Crippen LogP) is 5.17. The summed E-state index contributed by atoms with van der Waals surface area (Å²) >= 11 is 1.62. The quantitative estimate of drug-likeness (QED) is 0.426. The largest absolute Gasteiger partial charge is 0.383 e. The average molecular weight is 475 g/mol. The van der Waals surface area contributed by atoms with Crippen LogP contribution in [0.15, 0.2) is 35.7 Å². The number of hydrogen-bond donors (Lipinski definition) is 0. The van der Waals surface area contributed by atoms with Gasteiger partial charge in [0.15, 0.2) is 0 Å². The van der Waals surface area contributed by atoms with Crippen LogP contribution in [0.1, 0.15) is 54.5 Å². The predicted molar refractivity (Wildman–Crippen MR) is 129 cm³/mol. The van der Waals surface area contributed by atoms with Crippen molar-refractivity contribution >= 4 is 23.2 Å². The molecule has 1 fully saturated rings. The molecule has 5 nitrogen and oxygen atoms in total. The van der Waals surface area contributed by atoms with E-state index in [0.717, 1.165) is 22.4 Å². The highest BCUT2D eigenvalue weighted by Crippen LogP contribution is 2.28. The second kappa shape index (κ2) is 12.8. The van der Waals surface area contributed by atoms with Gasteiger partial charge in [0.05, 0.1) is 19.7 Å². The second-order valence-electron chi connectivity index (χ2n) is 8.90. The van der Waals surface area contributed by atoms with Crippen molar-refractivity contribution in [1.29, 1.82) is 0 Å². The van der Waals surface area contributed by atoms with Gasteiger partial charge in [-0.1, -0.05) is 37.8 Å². The maximum absolute atomic E-state index is 13.4. The Morgan fingerprint density at radius 2 is 1.79 bits per heavy atom. The van der Waals surface area contributed by atoms with Crippen molar-refractivity contribution in [1.82, 2.24) is 9.80 Å². The SMILES string of the molecule is COCCN(CC(=O)N(Cc1ccc(F)cc1)Cc1sccc1C)C(=O)CCC1CCCC1. The first-order chi connectivity index (χ1) is 16.0. The highest BCUT2D eigenvalue weighted by molar-refractivity contribution is 7.10. The van der Waals surface area contributed by atoms with Crippen molar-refractivity contribution in [2.24, 2.45) is 5.92 Å². The van der Waals surface area contributed by atoms with Crippen LogP contribution in [0.3, 0.4) is 0 Å². The first kappa shape index (κ1) is 25.4. The molecule has 1 saturated carbocycles. The van der Waals surface area contributed by atoms with Crippen molar-refractivity contribution in [3.63, 3.8) is 0 Å². The normalized spacial score (nSPS) is 13.9. The molecule has 0 saturated heterocycles. The number of benzene rings is 1. The van der Waals surface area contributed by atoms with Crippen molar-refractivity contribution in [3.05, 3.63) is 57.5 Å². The maximum Gasteiger partial charge on any atom is 0.242 e. The number of carbonyl (C=O) groups is 2. The number of rotatable bonds is 12. The van der Waals surface area contributed by atoms with Gasteiger partial charge in [-0.05, 0) is 54.0 Å². The number of aryl methyl sites for hydroxylation is 1. The zero-order valence-electron chi connectivity index (χ0n) is 19.7. The van der Waals surface area contributed by atoms with Gasteiger partial charge in [0, 0.05) is 31.5 Å². The van der Waals surface area contributed by atoms with Crippen LogP contribution in [0.2, 0.25) is 0 Å². The molecule has 1 aromatic heterocycles. The second-order valence-corrected chi connectivity index (χ2v) is 9.90. The van der Waals surface area contributed by atoms with E-state index in [4.69, 9.17) is 4.74 Å². The minimum absolute atomic E-state index is 0.0151. The molecule has 0 atom stereocenters. The van der Waals surface area contributed by atoms with E-state index in [9.17, 15) is 14.0 Å². The summed E-state index contributed by atoms with van der Waals surface area (Å²) in [5, 5.41) is 2.02. The van der Waals surface area contributed by atoms with Crippen LogP contribution in [-0.2, 0) is 27.4 Å². The Balaban J connectivity index is 1.69. The lowest BCUT2D eigenvalue weighted by atomic mass is 10.0. The summed E-state index contributed by atoms with van der Waals surface area (Å²) in [5.74, 6) is 0.230. The molecule has 0 N–H and O–H groups in total. The molecule has 180 valence electrons. The Labute approximate surface area is 200 Å². The van der Waals surface area contributed by atoms with Crippen LogP contribution >= 0.6 is 11.3 Å². The molecule has 2 aromatic rings. The van der Waals surface area contributed by atoms with Crippen molar-refractivity contribution in [3.8, 4) is 0 Å². The molecule has 0 bridgehead atoms. The molecule has 1 aromatic carbocycles. The third-order valence-corrected chi connectivity index (χ3v) is 7.44. The van der Waals surface area contributed by atoms with Crippen molar-refractivity contribution in [2.45, 2.75) is 58.5 Å².